The van der Waals surface area contributed by atoms with Crippen LogP contribution in [0.15, 0.2) is 65.0 Å². The summed E-state index contributed by atoms with van der Waals surface area (Å²) in [4.78, 5) is 28.1. The van der Waals surface area contributed by atoms with Crippen LogP contribution in [0.5, 0.6) is 0 Å². The van der Waals surface area contributed by atoms with E-state index in [0.717, 1.165) is 33.8 Å². The lowest BCUT2D eigenvalue weighted by Gasteiger charge is -2.07. The molecule has 4 aromatic rings. The van der Waals surface area contributed by atoms with Gasteiger partial charge >= 0.3 is 0 Å². The zero-order valence-corrected chi connectivity index (χ0v) is 15.6. The molecule has 0 radical (unpaired) electrons. The number of fused-ring (bicyclic) bond motifs is 2. The van der Waals surface area contributed by atoms with Crippen LogP contribution in [-0.4, -0.2) is 16.1 Å². The highest BCUT2D eigenvalue weighted by molar-refractivity contribution is 8.18. The highest BCUT2D eigenvalue weighted by Gasteiger charge is 2.25. The lowest BCUT2D eigenvalue weighted by Crippen LogP contribution is -2.17. The van der Waals surface area contributed by atoms with Crippen molar-refractivity contribution in [2.24, 2.45) is 0 Å². The van der Waals surface area contributed by atoms with E-state index in [-0.39, 0.29) is 11.1 Å². The van der Waals surface area contributed by atoms with Crippen molar-refractivity contribution in [1.82, 2.24) is 10.3 Å². The average molecular weight is 388 g/mol. The maximum absolute atomic E-state index is 11.8. The fraction of sp³-hybridized carbons (Fsp3) is 0. The lowest BCUT2D eigenvalue weighted by molar-refractivity contribution is -0.115. The summed E-state index contributed by atoms with van der Waals surface area (Å²) in [5, 5.41) is 6.36. The molecule has 6 heteroatoms. The van der Waals surface area contributed by atoms with Crippen LogP contribution in [0.3, 0.4) is 0 Å². The molecule has 130 valence electrons. The fourth-order valence-corrected chi connectivity index (χ4v) is 4.89. The van der Waals surface area contributed by atoms with Crippen molar-refractivity contribution in [3.63, 3.8) is 0 Å². The third kappa shape index (κ3) is 2.83. The number of pyridine rings is 1. The number of imide groups is 1. The monoisotopic (exact) mass is 388 g/mol. The quantitative estimate of drug-likeness (QED) is 0.465. The second-order valence-corrected chi connectivity index (χ2v) is 8.06. The van der Waals surface area contributed by atoms with E-state index in [1.54, 1.807) is 17.4 Å². The predicted molar refractivity (Wildman–Crippen MR) is 112 cm³/mol. The Morgan fingerprint density at radius 3 is 2.70 bits per heavy atom. The Bertz CT molecular complexity index is 1270. The van der Waals surface area contributed by atoms with Gasteiger partial charge in [0.15, 0.2) is 0 Å². The fourth-order valence-electron chi connectivity index (χ4n) is 3.25. The number of benzene rings is 2. The van der Waals surface area contributed by atoms with E-state index in [1.807, 2.05) is 42.6 Å². The Balaban J connectivity index is 1.69. The van der Waals surface area contributed by atoms with Gasteiger partial charge in [-0.25, -0.2) is 0 Å². The Labute approximate surface area is 162 Å². The topological polar surface area (TPSA) is 59.1 Å². The molecule has 2 aromatic carbocycles. The minimum atomic E-state index is -0.347. The molecule has 1 aliphatic rings. The zero-order chi connectivity index (χ0) is 18.4. The summed E-state index contributed by atoms with van der Waals surface area (Å²) < 4.78 is 1.24. The van der Waals surface area contributed by atoms with E-state index in [4.69, 9.17) is 0 Å². The minimum absolute atomic E-state index is 0.334. The van der Waals surface area contributed by atoms with E-state index >= 15 is 0 Å². The van der Waals surface area contributed by atoms with Crippen molar-refractivity contribution in [3.05, 3.63) is 70.6 Å². The lowest BCUT2D eigenvalue weighted by atomic mass is 9.99. The van der Waals surface area contributed by atoms with Gasteiger partial charge in [0, 0.05) is 27.2 Å². The number of rotatable bonds is 2. The first-order valence-corrected chi connectivity index (χ1v) is 9.99. The van der Waals surface area contributed by atoms with Crippen LogP contribution in [0.1, 0.15) is 5.56 Å². The molecule has 0 aliphatic carbocycles. The van der Waals surface area contributed by atoms with Crippen LogP contribution in [-0.2, 0) is 4.79 Å². The normalized spacial score (nSPS) is 15.8. The molecule has 0 atom stereocenters. The molecule has 1 saturated heterocycles. The molecular formula is C21H12N2O2S2. The van der Waals surface area contributed by atoms with Gasteiger partial charge in [-0.3, -0.25) is 19.9 Å². The van der Waals surface area contributed by atoms with Crippen molar-refractivity contribution in [3.8, 4) is 11.1 Å². The van der Waals surface area contributed by atoms with Gasteiger partial charge in [0.2, 0.25) is 0 Å². The number of thiophene rings is 1. The highest BCUT2D eigenvalue weighted by atomic mass is 32.2. The second kappa shape index (κ2) is 6.33. The molecule has 1 aliphatic heterocycles. The molecule has 0 bridgehead atoms. The van der Waals surface area contributed by atoms with Crippen molar-refractivity contribution >= 4 is 61.3 Å². The Hall–Kier alpha value is -2.96. The van der Waals surface area contributed by atoms with Gasteiger partial charge < -0.3 is 0 Å². The summed E-state index contributed by atoms with van der Waals surface area (Å²) in [5.74, 6) is -0.347. The Morgan fingerprint density at radius 2 is 1.85 bits per heavy atom. The third-order valence-electron chi connectivity index (χ3n) is 4.48. The van der Waals surface area contributed by atoms with E-state index in [1.165, 1.54) is 15.6 Å². The van der Waals surface area contributed by atoms with Crippen LogP contribution < -0.4 is 5.32 Å². The summed E-state index contributed by atoms with van der Waals surface area (Å²) >= 11 is 2.65. The molecule has 27 heavy (non-hydrogen) atoms. The average Bonchev–Trinajstić information content (AvgIpc) is 3.24. The summed E-state index contributed by atoms with van der Waals surface area (Å²) in [7, 11) is 0. The van der Waals surface area contributed by atoms with Crippen LogP contribution in [0.4, 0.5) is 4.79 Å². The standard InChI is InChI=1S/C21H12N2O2S2/c24-20-19(27-21(25)23-20)10-12-5-6-17-15(9-12)13(7-8-22-17)16-11-26-18-4-2-1-3-14(16)18/h1-11H,(H,23,24,25)/b19-10-. The highest BCUT2D eigenvalue weighted by Crippen LogP contribution is 2.37. The minimum Gasteiger partial charge on any atom is -0.282 e. The molecule has 2 amide bonds. The second-order valence-electron chi connectivity index (χ2n) is 6.13. The van der Waals surface area contributed by atoms with Crippen LogP contribution in [0, 0.1) is 0 Å². The van der Waals surface area contributed by atoms with Gasteiger partial charge in [-0.05, 0) is 58.6 Å². The summed E-state index contributed by atoms with van der Waals surface area (Å²) in [6, 6.07) is 16.2. The molecular weight excluding hydrogens is 376 g/mol. The molecule has 1 fully saturated rings. The Kier molecular flexibility index (Phi) is 3.81. The number of hydrogen-bond donors (Lipinski definition) is 1. The third-order valence-corrected chi connectivity index (χ3v) is 6.25. The molecule has 3 heterocycles. The van der Waals surface area contributed by atoms with Gasteiger partial charge in [0.05, 0.1) is 10.4 Å². The number of aromatic nitrogens is 1. The number of carbonyl (C=O) groups is 2. The van der Waals surface area contributed by atoms with Crippen molar-refractivity contribution in [2.75, 3.05) is 0 Å². The number of hydrogen-bond acceptors (Lipinski definition) is 5. The van der Waals surface area contributed by atoms with Gasteiger partial charge in [-0.1, -0.05) is 24.3 Å². The zero-order valence-electron chi connectivity index (χ0n) is 13.9. The summed E-state index contributed by atoms with van der Waals surface area (Å²) in [6.45, 7) is 0. The predicted octanol–water partition coefficient (Wildman–Crippen LogP) is 5.44. The van der Waals surface area contributed by atoms with Crippen molar-refractivity contribution in [1.29, 1.82) is 0 Å². The van der Waals surface area contributed by atoms with E-state index in [0.29, 0.717) is 4.91 Å². The van der Waals surface area contributed by atoms with E-state index in [2.05, 4.69) is 27.8 Å². The summed E-state index contributed by atoms with van der Waals surface area (Å²) in [5.41, 5.74) is 4.04. The molecule has 1 N–H and O–H groups in total. The maximum atomic E-state index is 11.8. The number of nitrogens with zero attached hydrogens (tertiary/aromatic N) is 1. The van der Waals surface area contributed by atoms with Gasteiger partial charge in [0.1, 0.15) is 0 Å². The maximum Gasteiger partial charge on any atom is 0.290 e. The van der Waals surface area contributed by atoms with E-state index in [9.17, 15) is 9.59 Å². The molecule has 4 nitrogen and oxygen atoms in total. The largest absolute Gasteiger partial charge is 0.290 e. The van der Waals surface area contributed by atoms with Gasteiger partial charge in [-0.2, -0.15) is 0 Å². The van der Waals surface area contributed by atoms with Crippen LogP contribution in [0.25, 0.3) is 38.2 Å². The molecule has 2 aromatic heterocycles. The SMILES string of the molecule is O=C1NC(=O)/C(=C/c2ccc3nccc(-c4csc5ccccc45)c3c2)S1. The number of carbonyl (C=O) groups excluding carboxylic acids is 2. The molecule has 5 rings (SSSR count). The van der Waals surface area contributed by atoms with Gasteiger partial charge in [0.25, 0.3) is 11.1 Å². The van der Waals surface area contributed by atoms with E-state index < -0.39 is 0 Å². The van der Waals surface area contributed by atoms with Crippen molar-refractivity contribution < 1.29 is 9.59 Å². The number of amides is 2. The molecule has 0 saturated carbocycles. The van der Waals surface area contributed by atoms with Crippen molar-refractivity contribution in [2.45, 2.75) is 0 Å². The van der Waals surface area contributed by atoms with Crippen LogP contribution in [0.2, 0.25) is 0 Å². The molecule has 0 unspecified atom stereocenters. The molecule has 0 spiro atoms. The smallest absolute Gasteiger partial charge is 0.282 e. The number of nitrogens with one attached hydrogen (secondary N) is 1. The first-order valence-electron chi connectivity index (χ1n) is 8.29. The summed E-state index contributed by atoms with van der Waals surface area (Å²) in [6.07, 6.45) is 3.56. The number of thioether (sulfide) groups is 1. The van der Waals surface area contributed by atoms with Crippen LogP contribution >= 0.6 is 23.1 Å². The first-order chi connectivity index (χ1) is 13.2. The Morgan fingerprint density at radius 1 is 0.963 bits per heavy atom. The first kappa shape index (κ1) is 16.2. The van der Waals surface area contributed by atoms with Gasteiger partial charge in [-0.15, -0.1) is 11.3 Å².